The van der Waals surface area contributed by atoms with Gasteiger partial charge in [-0.1, -0.05) is 17.3 Å². The number of aromatic nitrogens is 4. The van der Waals surface area contributed by atoms with Crippen LogP contribution in [0.1, 0.15) is 23.1 Å². The molecule has 0 aliphatic rings. The highest BCUT2D eigenvalue weighted by Crippen LogP contribution is 2.21. The van der Waals surface area contributed by atoms with Crippen LogP contribution in [0.15, 0.2) is 22.7 Å². The van der Waals surface area contributed by atoms with E-state index in [1.165, 1.54) is 5.56 Å². The zero-order valence-corrected chi connectivity index (χ0v) is 12.2. The van der Waals surface area contributed by atoms with Gasteiger partial charge in [0.1, 0.15) is 5.82 Å². The van der Waals surface area contributed by atoms with Crippen LogP contribution < -0.4 is 0 Å². The highest BCUT2D eigenvalue weighted by Gasteiger charge is 2.14. The molecule has 0 fully saturated rings. The molecule has 6 heteroatoms. The molecule has 0 aliphatic heterocycles. The van der Waals surface area contributed by atoms with Gasteiger partial charge < -0.3 is 9.09 Å². The Morgan fingerprint density at radius 1 is 1.25 bits per heavy atom. The maximum absolute atomic E-state index is 5.88. The molecular weight excluding hydrogens is 276 g/mol. The maximum Gasteiger partial charge on any atom is 0.223 e. The normalized spacial score (nSPS) is 11.3. The molecule has 3 rings (SSSR count). The summed E-state index contributed by atoms with van der Waals surface area (Å²) in [5.41, 5.74) is 3.26. The lowest BCUT2D eigenvalue weighted by Gasteiger charge is -2.07. The largest absolute Gasteiger partial charge is 0.340 e. The maximum atomic E-state index is 5.88. The molecule has 2 aromatic heterocycles. The molecule has 20 heavy (non-hydrogen) atoms. The number of aryl methyl sites for hydroxylation is 3. The van der Waals surface area contributed by atoms with Crippen LogP contribution in [0.25, 0.3) is 11.0 Å². The Balaban J connectivity index is 2.12. The molecule has 0 N–H and O–H groups in total. The van der Waals surface area contributed by atoms with Crippen molar-refractivity contribution in [3.8, 4) is 0 Å². The lowest BCUT2D eigenvalue weighted by molar-refractivity contribution is 0.386. The SMILES string of the molecule is Cc1nc(Cn2c(CCCl)nc3cccc(C)c32)no1. The number of hydrogen-bond acceptors (Lipinski definition) is 4. The molecule has 0 saturated heterocycles. The molecule has 0 unspecified atom stereocenters. The van der Waals surface area contributed by atoms with E-state index in [-0.39, 0.29) is 0 Å². The third-order valence-corrected chi connectivity index (χ3v) is 3.42. The molecule has 104 valence electrons. The second kappa shape index (κ2) is 5.25. The van der Waals surface area contributed by atoms with Gasteiger partial charge in [-0.05, 0) is 18.6 Å². The Morgan fingerprint density at radius 3 is 2.80 bits per heavy atom. The molecule has 1 aromatic carbocycles. The minimum Gasteiger partial charge on any atom is -0.340 e. The van der Waals surface area contributed by atoms with Crippen molar-refractivity contribution in [1.82, 2.24) is 19.7 Å². The number of nitrogens with zero attached hydrogens (tertiary/aromatic N) is 4. The van der Waals surface area contributed by atoms with Crippen LogP contribution in [0.3, 0.4) is 0 Å². The summed E-state index contributed by atoms with van der Waals surface area (Å²) in [5.74, 6) is 2.71. The summed E-state index contributed by atoms with van der Waals surface area (Å²) in [4.78, 5) is 8.92. The van der Waals surface area contributed by atoms with Gasteiger partial charge in [-0.3, -0.25) is 0 Å². The zero-order valence-electron chi connectivity index (χ0n) is 11.4. The average Bonchev–Trinajstić information content (AvgIpc) is 2.96. The van der Waals surface area contributed by atoms with Crippen molar-refractivity contribution in [2.45, 2.75) is 26.8 Å². The highest BCUT2D eigenvalue weighted by atomic mass is 35.5. The molecule has 0 spiro atoms. The van der Waals surface area contributed by atoms with Crippen molar-refractivity contribution >= 4 is 22.6 Å². The first kappa shape index (κ1) is 13.1. The van der Waals surface area contributed by atoms with Crippen LogP contribution in [0.5, 0.6) is 0 Å². The third-order valence-electron chi connectivity index (χ3n) is 3.23. The van der Waals surface area contributed by atoms with Crippen molar-refractivity contribution in [2.75, 3.05) is 5.88 Å². The lowest BCUT2D eigenvalue weighted by Crippen LogP contribution is -2.07. The molecule has 0 bridgehead atoms. The molecule has 0 atom stereocenters. The molecule has 2 heterocycles. The molecule has 0 saturated carbocycles. The van der Waals surface area contributed by atoms with Crippen molar-refractivity contribution in [1.29, 1.82) is 0 Å². The molecule has 5 nitrogen and oxygen atoms in total. The van der Waals surface area contributed by atoms with Gasteiger partial charge in [-0.25, -0.2) is 4.98 Å². The molecule has 0 amide bonds. The summed E-state index contributed by atoms with van der Waals surface area (Å²) >= 11 is 5.88. The van der Waals surface area contributed by atoms with Crippen molar-refractivity contribution in [2.24, 2.45) is 0 Å². The van der Waals surface area contributed by atoms with E-state index in [0.29, 0.717) is 30.6 Å². The number of para-hydroxylation sites is 1. The van der Waals surface area contributed by atoms with Crippen LogP contribution in [0, 0.1) is 13.8 Å². The van der Waals surface area contributed by atoms with E-state index in [2.05, 4.69) is 32.7 Å². The van der Waals surface area contributed by atoms with Gasteiger partial charge in [-0.2, -0.15) is 4.98 Å². The number of hydrogen-bond donors (Lipinski definition) is 0. The summed E-state index contributed by atoms with van der Waals surface area (Å²) in [7, 11) is 0. The molecule has 3 aromatic rings. The van der Waals surface area contributed by atoms with E-state index >= 15 is 0 Å². The Bertz CT molecular complexity index is 747. The van der Waals surface area contributed by atoms with Gasteiger partial charge in [0, 0.05) is 19.2 Å². The Labute approximate surface area is 121 Å². The van der Waals surface area contributed by atoms with Crippen LogP contribution >= 0.6 is 11.6 Å². The predicted octanol–water partition coefficient (Wildman–Crippen LogP) is 2.87. The predicted molar refractivity (Wildman–Crippen MR) is 77.0 cm³/mol. The minimum absolute atomic E-state index is 0.535. The summed E-state index contributed by atoms with van der Waals surface area (Å²) in [6.45, 7) is 4.41. The molecule has 0 radical (unpaired) electrons. The van der Waals surface area contributed by atoms with Gasteiger partial charge in [0.25, 0.3) is 0 Å². The summed E-state index contributed by atoms with van der Waals surface area (Å²) in [5, 5.41) is 3.96. The van der Waals surface area contributed by atoms with Crippen LogP contribution in [-0.2, 0) is 13.0 Å². The smallest absolute Gasteiger partial charge is 0.223 e. The Hall–Kier alpha value is -1.88. The Morgan fingerprint density at radius 2 is 2.10 bits per heavy atom. The number of alkyl halides is 1. The molecule has 0 aliphatic carbocycles. The first-order chi connectivity index (χ1) is 9.69. The first-order valence-corrected chi connectivity index (χ1v) is 7.02. The van der Waals surface area contributed by atoms with Crippen molar-refractivity contribution in [3.63, 3.8) is 0 Å². The first-order valence-electron chi connectivity index (χ1n) is 6.49. The zero-order chi connectivity index (χ0) is 14.1. The summed E-state index contributed by atoms with van der Waals surface area (Å²) < 4.78 is 7.16. The second-order valence-corrected chi connectivity index (χ2v) is 5.10. The topological polar surface area (TPSA) is 56.7 Å². The van der Waals surface area contributed by atoms with Crippen molar-refractivity contribution in [3.05, 3.63) is 41.3 Å². The summed E-state index contributed by atoms with van der Waals surface area (Å²) in [6, 6.07) is 6.10. The van der Waals surface area contributed by atoms with E-state index in [4.69, 9.17) is 16.1 Å². The van der Waals surface area contributed by atoms with E-state index < -0.39 is 0 Å². The van der Waals surface area contributed by atoms with Gasteiger partial charge in [0.15, 0.2) is 5.82 Å². The lowest BCUT2D eigenvalue weighted by atomic mass is 10.2. The second-order valence-electron chi connectivity index (χ2n) is 4.73. The van der Waals surface area contributed by atoms with E-state index in [9.17, 15) is 0 Å². The highest BCUT2D eigenvalue weighted by molar-refractivity contribution is 6.17. The Kier molecular flexibility index (Phi) is 3.44. The average molecular weight is 291 g/mol. The van der Waals surface area contributed by atoms with Crippen molar-refractivity contribution < 1.29 is 4.52 Å². The van der Waals surface area contributed by atoms with Gasteiger partial charge >= 0.3 is 0 Å². The fourth-order valence-electron chi connectivity index (χ4n) is 2.41. The quantitative estimate of drug-likeness (QED) is 0.693. The minimum atomic E-state index is 0.535. The van der Waals surface area contributed by atoms with Gasteiger partial charge in [0.05, 0.1) is 17.6 Å². The van der Waals surface area contributed by atoms with E-state index in [0.717, 1.165) is 16.9 Å². The fourth-order valence-corrected chi connectivity index (χ4v) is 2.57. The van der Waals surface area contributed by atoms with E-state index in [1.54, 1.807) is 6.92 Å². The van der Waals surface area contributed by atoms with Gasteiger partial charge in [-0.15, -0.1) is 11.6 Å². The number of halogens is 1. The number of rotatable bonds is 4. The monoisotopic (exact) mass is 290 g/mol. The van der Waals surface area contributed by atoms with E-state index in [1.807, 2.05) is 12.1 Å². The van der Waals surface area contributed by atoms with Crippen LogP contribution in [-0.4, -0.2) is 25.6 Å². The van der Waals surface area contributed by atoms with Crippen LogP contribution in [0.2, 0.25) is 0 Å². The number of fused-ring (bicyclic) bond motifs is 1. The third kappa shape index (κ3) is 2.29. The standard InChI is InChI=1S/C14H15ClN4O/c1-9-4-3-5-11-14(9)19(13(17-11)6-7-15)8-12-16-10(2)20-18-12/h3-5H,6-8H2,1-2H3. The summed E-state index contributed by atoms with van der Waals surface area (Å²) in [6.07, 6.45) is 0.715. The number of imidazole rings is 1. The van der Waals surface area contributed by atoms with Crippen LogP contribution in [0.4, 0.5) is 0 Å². The number of benzene rings is 1. The van der Waals surface area contributed by atoms with Gasteiger partial charge in [0.2, 0.25) is 5.89 Å². The molecular formula is C14H15ClN4O. The fraction of sp³-hybridized carbons (Fsp3) is 0.357.